The number of anilines is 2. The van der Waals surface area contributed by atoms with Crippen molar-refractivity contribution in [1.82, 2.24) is 0 Å². The molecule has 0 bridgehead atoms. The molecule has 0 fully saturated rings. The van der Waals surface area contributed by atoms with Crippen LogP contribution in [0.15, 0.2) is 18.2 Å². The summed E-state index contributed by atoms with van der Waals surface area (Å²) in [6.07, 6.45) is 0. The third-order valence-electron chi connectivity index (χ3n) is 1.53. The molecule has 0 spiro atoms. The highest BCUT2D eigenvalue weighted by molar-refractivity contribution is 5.69. The fraction of sp³-hybridized carbons (Fsp3) is 0.400. The Morgan fingerprint density at radius 3 is 2.07 bits per heavy atom. The fourth-order valence-corrected chi connectivity index (χ4v) is 0.774. The smallest absolute Gasteiger partial charge is 0.140 e. The minimum Gasteiger partial charge on any atom is -0.506 e. The van der Waals surface area contributed by atoms with E-state index in [2.05, 4.69) is 0 Å². The summed E-state index contributed by atoms with van der Waals surface area (Å²) in [7, 11) is 0. The van der Waals surface area contributed by atoms with Crippen molar-refractivity contribution in [3.8, 4) is 5.75 Å². The maximum Gasteiger partial charge on any atom is 0.140 e. The molecule has 14 heavy (non-hydrogen) atoms. The highest BCUT2D eigenvalue weighted by atomic mass is 16.5. The zero-order valence-corrected chi connectivity index (χ0v) is 8.66. The number of rotatable bonds is 2. The standard InChI is InChI=1S/C6H8N2O.C4H10O/c7-4-2-1-3-5(9)6(4)8;1-3-5-4-2/h1-3,9H,7-8H2;3-4H2,1-2H3. The van der Waals surface area contributed by atoms with Gasteiger partial charge in [-0.3, -0.25) is 0 Å². The van der Waals surface area contributed by atoms with Crippen LogP contribution < -0.4 is 11.5 Å². The molecule has 0 amide bonds. The van der Waals surface area contributed by atoms with Gasteiger partial charge in [0.2, 0.25) is 0 Å². The van der Waals surface area contributed by atoms with E-state index in [4.69, 9.17) is 21.3 Å². The van der Waals surface area contributed by atoms with Crippen LogP contribution in [-0.2, 0) is 4.74 Å². The molecule has 0 heterocycles. The molecule has 0 aliphatic carbocycles. The van der Waals surface area contributed by atoms with Gasteiger partial charge < -0.3 is 21.3 Å². The van der Waals surface area contributed by atoms with Crippen LogP contribution in [0.2, 0.25) is 0 Å². The summed E-state index contributed by atoms with van der Waals surface area (Å²) in [6, 6.07) is 4.77. The summed E-state index contributed by atoms with van der Waals surface area (Å²) in [4.78, 5) is 0. The number of aromatic hydroxyl groups is 1. The predicted octanol–water partition coefficient (Wildman–Crippen LogP) is 1.60. The first-order valence-electron chi connectivity index (χ1n) is 4.54. The number of para-hydroxylation sites is 1. The predicted molar refractivity (Wildman–Crippen MR) is 59.1 cm³/mol. The molecule has 0 aliphatic rings. The minimum absolute atomic E-state index is 0.0370. The average molecular weight is 198 g/mol. The second-order valence-electron chi connectivity index (χ2n) is 2.56. The largest absolute Gasteiger partial charge is 0.506 e. The number of hydrogen-bond acceptors (Lipinski definition) is 4. The van der Waals surface area contributed by atoms with E-state index >= 15 is 0 Å². The molecule has 0 unspecified atom stereocenters. The summed E-state index contributed by atoms with van der Waals surface area (Å²) in [5.74, 6) is 0.0370. The molecule has 0 radical (unpaired) electrons. The number of phenols is 1. The Morgan fingerprint density at radius 2 is 1.79 bits per heavy atom. The molecule has 1 aromatic carbocycles. The Kier molecular flexibility index (Phi) is 6.32. The zero-order valence-electron chi connectivity index (χ0n) is 8.66. The highest BCUT2D eigenvalue weighted by Gasteiger charge is 1.96. The molecule has 1 aromatic rings. The van der Waals surface area contributed by atoms with Gasteiger partial charge in [0.05, 0.1) is 11.4 Å². The minimum atomic E-state index is 0.0370. The van der Waals surface area contributed by atoms with Crippen LogP contribution in [-0.4, -0.2) is 18.3 Å². The second-order valence-corrected chi connectivity index (χ2v) is 2.56. The molecular weight excluding hydrogens is 180 g/mol. The maximum absolute atomic E-state index is 8.90. The number of nitrogen functional groups attached to an aromatic ring is 2. The van der Waals surface area contributed by atoms with Crippen molar-refractivity contribution in [2.24, 2.45) is 0 Å². The van der Waals surface area contributed by atoms with E-state index in [-0.39, 0.29) is 11.4 Å². The quantitative estimate of drug-likeness (QED) is 0.498. The van der Waals surface area contributed by atoms with Gasteiger partial charge in [-0.1, -0.05) is 6.07 Å². The lowest BCUT2D eigenvalue weighted by Gasteiger charge is -1.99. The number of benzene rings is 1. The van der Waals surface area contributed by atoms with Crippen LogP contribution in [0.1, 0.15) is 13.8 Å². The summed E-state index contributed by atoms with van der Waals surface area (Å²) in [6.45, 7) is 5.67. The Morgan fingerprint density at radius 1 is 1.21 bits per heavy atom. The van der Waals surface area contributed by atoms with Gasteiger partial charge >= 0.3 is 0 Å². The summed E-state index contributed by atoms with van der Waals surface area (Å²) < 4.78 is 4.83. The number of nitrogens with two attached hydrogens (primary N) is 2. The van der Waals surface area contributed by atoms with Crippen molar-refractivity contribution >= 4 is 11.4 Å². The number of phenolic OH excluding ortho intramolecular Hbond substituents is 1. The lowest BCUT2D eigenvalue weighted by atomic mass is 10.2. The zero-order chi connectivity index (χ0) is 11.0. The van der Waals surface area contributed by atoms with Crippen LogP contribution in [0.5, 0.6) is 5.75 Å². The summed E-state index contributed by atoms with van der Waals surface area (Å²) in [5.41, 5.74) is 11.3. The molecule has 1 rings (SSSR count). The van der Waals surface area contributed by atoms with Crippen LogP contribution >= 0.6 is 0 Å². The molecule has 80 valence electrons. The molecule has 0 saturated heterocycles. The Hall–Kier alpha value is -1.42. The summed E-state index contributed by atoms with van der Waals surface area (Å²) in [5, 5.41) is 8.90. The van der Waals surface area contributed by atoms with Crippen molar-refractivity contribution in [3.05, 3.63) is 18.2 Å². The Balaban J connectivity index is 0.000000292. The maximum atomic E-state index is 8.90. The second kappa shape index (κ2) is 7.03. The lowest BCUT2D eigenvalue weighted by Crippen LogP contribution is -1.93. The summed E-state index contributed by atoms with van der Waals surface area (Å²) >= 11 is 0. The first kappa shape index (κ1) is 12.6. The van der Waals surface area contributed by atoms with Crippen molar-refractivity contribution in [2.45, 2.75) is 13.8 Å². The highest BCUT2D eigenvalue weighted by Crippen LogP contribution is 2.24. The topological polar surface area (TPSA) is 81.5 Å². The monoisotopic (exact) mass is 198 g/mol. The van der Waals surface area contributed by atoms with E-state index < -0.39 is 0 Å². The van der Waals surface area contributed by atoms with E-state index in [1.54, 1.807) is 12.1 Å². The van der Waals surface area contributed by atoms with E-state index in [0.717, 1.165) is 13.2 Å². The van der Waals surface area contributed by atoms with Crippen molar-refractivity contribution in [3.63, 3.8) is 0 Å². The Bertz CT molecular complexity index is 242. The van der Waals surface area contributed by atoms with Gasteiger partial charge in [0, 0.05) is 13.2 Å². The van der Waals surface area contributed by atoms with Crippen molar-refractivity contribution in [1.29, 1.82) is 0 Å². The molecular formula is C10H18N2O2. The molecule has 4 heteroatoms. The van der Waals surface area contributed by atoms with Crippen molar-refractivity contribution in [2.75, 3.05) is 24.7 Å². The van der Waals surface area contributed by atoms with Crippen LogP contribution in [0.4, 0.5) is 11.4 Å². The molecule has 0 atom stereocenters. The third kappa shape index (κ3) is 4.57. The average Bonchev–Trinajstić information content (AvgIpc) is 2.16. The van der Waals surface area contributed by atoms with Crippen LogP contribution in [0.25, 0.3) is 0 Å². The van der Waals surface area contributed by atoms with Gasteiger partial charge in [0.25, 0.3) is 0 Å². The van der Waals surface area contributed by atoms with E-state index in [1.807, 2.05) is 13.8 Å². The molecule has 0 aliphatic heterocycles. The molecule has 4 nitrogen and oxygen atoms in total. The van der Waals surface area contributed by atoms with Crippen LogP contribution in [0, 0.1) is 0 Å². The number of hydrogen-bond donors (Lipinski definition) is 3. The van der Waals surface area contributed by atoms with Gasteiger partial charge in [-0.2, -0.15) is 0 Å². The van der Waals surface area contributed by atoms with Crippen LogP contribution in [0.3, 0.4) is 0 Å². The third-order valence-corrected chi connectivity index (χ3v) is 1.53. The lowest BCUT2D eigenvalue weighted by molar-refractivity contribution is 0.162. The van der Waals surface area contributed by atoms with Gasteiger partial charge in [-0.15, -0.1) is 0 Å². The normalized spacial score (nSPS) is 9.00. The van der Waals surface area contributed by atoms with E-state index in [1.165, 1.54) is 6.07 Å². The van der Waals surface area contributed by atoms with Gasteiger partial charge in [-0.25, -0.2) is 0 Å². The van der Waals surface area contributed by atoms with E-state index in [9.17, 15) is 0 Å². The SMILES string of the molecule is CCOCC.Nc1cccc(O)c1N. The first-order chi connectivity index (χ1) is 6.63. The van der Waals surface area contributed by atoms with Crippen molar-refractivity contribution < 1.29 is 9.84 Å². The van der Waals surface area contributed by atoms with Gasteiger partial charge in [0.1, 0.15) is 5.75 Å². The molecule has 0 saturated carbocycles. The fourth-order valence-electron chi connectivity index (χ4n) is 0.774. The van der Waals surface area contributed by atoms with E-state index in [0.29, 0.717) is 5.69 Å². The Labute approximate surface area is 84.5 Å². The molecule has 5 N–H and O–H groups in total. The number of ether oxygens (including phenoxy) is 1. The van der Waals surface area contributed by atoms with Gasteiger partial charge in [0.15, 0.2) is 0 Å². The van der Waals surface area contributed by atoms with Gasteiger partial charge in [-0.05, 0) is 26.0 Å². The first-order valence-corrected chi connectivity index (χ1v) is 4.54. The molecule has 0 aromatic heterocycles.